The number of hydrogen-bond donors (Lipinski definition) is 1. The number of rotatable bonds is 9. The summed E-state index contributed by atoms with van der Waals surface area (Å²) in [5.74, 6) is 0.611. The number of carbonyl (C=O) groups is 1. The lowest BCUT2D eigenvalue weighted by Gasteiger charge is -2.14. The van der Waals surface area contributed by atoms with Crippen molar-refractivity contribution in [1.29, 1.82) is 0 Å². The minimum Gasteiger partial charge on any atom is -0.493 e. The van der Waals surface area contributed by atoms with Crippen LogP contribution in [0.25, 0.3) is 27.7 Å². The summed E-state index contributed by atoms with van der Waals surface area (Å²) in [4.78, 5) is 12.8. The Morgan fingerprint density at radius 2 is 1.83 bits per heavy atom. The number of furan rings is 1. The van der Waals surface area contributed by atoms with Crippen molar-refractivity contribution in [3.05, 3.63) is 95.8 Å². The number of hydrogen-bond acceptors (Lipinski definition) is 3. The first-order chi connectivity index (χ1) is 16.9. The summed E-state index contributed by atoms with van der Waals surface area (Å²) in [5, 5.41) is 4.10. The van der Waals surface area contributed by atoms with Gasteiger partial charge in [0.25, 0.3) is 0 Å². The lowest BCUT2D eigenvalue weighted by atomic mass is 9.98. The largest absolute Gasteiger partial charge is 0.493 e. The molecular formula is C31H33NO3. The van der Waals surface area contributed by atoms with Gasteiger partial charge in [-0.2, -0.15) is 0 Å². The van der Waals surface area contributed by atoms with E-state index in [1.807, 2.05) is 45.0 Å². The molecule has 180 valence electrons. The minimum atomic E-state index is -0.100. The molecule has 0 saturated heterocycles. The predicted octanol–water partition coefficient (Wildman–Crippen LogP) is 7.35. The molecule has 3 aromatic carbocycles. The van der Waals surface area contributed by atoms with Gasteiger partial charge in [-0.15, -0.1) is 0 Å². The van der Waals surface area contributed by atoms with Crippen LogP contribution in [0.5, 0.6) is 5.75 Å². The first-order valence-corrected chi connectivity index (χ1v) is 12.2. The second kappa shape index (κ2) is 11.1. The molecule has 4 rings (SSSR count). The van der Waals surface area contributed by atoms with Gasteiger partial charge in [0.15, 0.2) is 0 Å². The minimum absolute atomic E-state index is 0.0719. The lowest BCUT2D eigenvalue weighted by molar-refractivity contribution is -0.117. The zero-order chi connectivity index (χ0) is 24.8. The first-order valence-electron chi connectivity index (χ1n) is 12.2. The van der Waals surface area contributed by atoms with E-state index in [1.54, 1.807) is 12.3 Å². The molecule has 0 aliphatic heterocycles. The van der Waals surface area contributed by atoms with Crippen molar-refractivity contribution in [1.82, 2.24) is 5.32 Å². The number of aryl methyl sites for hydroxylation is 2. The van der Waals surface area contributed by atoms with Gasteiger partial charge in [0.2, 0.25) is 5.91 Å². The molecule has 1 heterocycles. The SMILES string of the molecule is CCOc1cc2occ(-c3ccc(C)cc3)c2cc1/C(C)=C/C(=O)NC(C)CCc1ccccc1. The fourth-order valence-electron chi connectivity index (χ4n) is 4.25. The van der Waals surface area contributed by atoms with Crippen LogP contribution < -0.4 is 10.1 Å². The Morgan fingerprint density at radius 1 is 1.09 bits per heavy atom. The smallest absolute Gasteiger partial charge is 0.244 e. The van der Waals surface area contributed by atoms with E-state index >= 15 is 0 Å². The van der Waals surface area contributed by atoms with Crippen molar-refractivity contribution in [3.8, 4) is 16.9 Å². The third-order valence-electron chi connectivity index (χ3n) is 6.21. The van der Waals surface area contributed by atoms with Gasteiger partial charge in [0.05, 0.1) is 12.9 Å². The molecule has 0 fully saturated rings. The van der Waals surface area contributed by atoms with Crippen LogP contribution in [0.15, 0.2) is 83.5 Å². The number of nitrogens with one attached hydrogen (secondary N) is 1. The predicted molar refractivity (Wildman–Crippen MR) is 144 cm³/mol. The molecule has 4 nitrogen and oxygen atoms in total. The van der Waals surface area contributed by atoms with Gasteiger partial charge >= 0.3 is 0 Å². The highest BCUT2D eigenvalue weighted by atomic mass is 16.5. The maximum atomic E-state index is 12.8. The molecule has 0 bridgehead atoms. The molecule has 1 N–H and O–H groups in total. The van der Waals surface area contributed by atoms with Crippen molar-refractivity contribution in [2.24, 2.45) is 0 Å². The maximum Gasteiger partial charge on any atom is 0.244 e. The van der Waals surface area contributed by atoms with Gasteiger partial charge < -0.3 is 14.5 Å². The van der Waals surface area contributed by atoms with Gasteiger partial charge in [0.1, 0.15) is 11.3 Å². The quantitative estimate of drug-likeness (QED) is 0.262. The summed E-state index contributed by atoms with van der Waals surface area (Å²) < 4.78 is 11.8. The molecule has 1 aromatic heterocycles. The van der Waals surface area contributed by atoms with Crippen LogP contribution in [0.3, 0.4) is 0 Å². The molecule has 1 amide bonds. The van der Waals surface area contributed by atoms with Crippen molar-refractivity contribution >= 4 is 22.4 Å². The number of fused-ring (bicyclic) bond motifs is 1. The van der Waals surface area contributed by atoms with Gasteiger partial charge in [0, 0.05) is 34.7 Å². The van der Waals surface area contributed by atoms with Crippen molar-refractivity contribution in [2.75, 3.05) is 6.61 Å². The molecule has 0 aliphatic rings. The van der Waals surface area contributed by atoms with E-state index in [0.29, 0.717) is 12.4 Å². The average molecular weight is 468 g/mol. The lowest BCUT2D eigenvalue weighted by Crippen LogP contribution is -2.31. The number of carbonyl (C=O) groups excluding carboxylic acids is 1. The zero-order valence-corrected chi connectivity index (χ0v) is 20.9. The van der Waals surface area contributed by atoms with E-state index in [1.165, 1.54) is 11.1 Å². The second-order valence-electron chi connectivity index (χ2n) is 9.05. The second-order valence-corrected chi connectivity index (χ2v) is 9.05. The van der Waals surface area contributed by atoms with Crippen LogP contribution in [0, 0.1) is 6.92 Å². The number of ether oxygens (including phenoxy) is 1. The van der Waals surface area contributed by atoms with Gasteiger partial charge in [-0.3, -0.25) is 4.79 Å². The summed E-state index contributed by atoms with van der Waals surface area (Å²) in [6, 6.07) is 22.8. The summed E-state index contributed by atoms with van der Waals surface area (Å²) >= 11 is 0. The Kier molecular flexibility index (Phi) is 7.71. The summed E-state index contributed by atoms with van der Waals surface area (Å²) in [5.41, 5.74) is 7.11. The Morgan fingerprint density at radius 3 is 2.54 bits per heavy atom. The monoisotopic (exact) mass is 467 g/mol. The molecule has 4 aromatic rings. The topological polar surface area (TPSA) is 51.5 Å². The molecule has 0 radical (unpaired) electrons. The molecule has 1 unspecified atom stereocenters. The Bertz CT molecular complexity index is 1320. The van der Waals surface area contributed by atoms with Gasteiger partial charge in [-0.05, 0) is 63.3 Å². The van der Waals surface area contributed by atoms with Crippen molar-refractivity contribution in [3.63, 3.8) is 0 Å². The maximum absolute atomic E-state index is 12.8. The van der Waals surface area contributed by atoms with E-state index < -0.39 is 0 Å². The fraction of sp³-hybridized carbons (Fsp3) is 0.258. The van der Waals surface area contributed by atoms with Gasteiger partial charge in [-0.25, -0.2) is 0 Å². The standard InChI is InChI=1S/C31H33NO3/c1-5-34-29-19-30-27(28(20-35-30)25-15-11-21(2)12-16-25)18-26(29)22(3)17-31(33)32-23(4)13-14-24-9-7-6-8-10-24/h6-12,15-20,23H,5,13-14H2,1-4H3,(H,32,33)/b22-17+. The van der Waals surface area contributed by atoms with Crippen molar-refractivity contribution in [2.45, 2.75) is 46.6 Å². The van der Waals surface area contributed by atoms with Crippen LogP contribution >= 0.6 is 0 Å². The highest BCUT2D eigenvalue weighted by Crippen LogP contribution is 2.37. The van der Waals surface area contributed by atoms with Crippen LogP contribution in [-0.4, -0.2) is 18.6 Å². The number of allylic oxidation sites excluding steroid dienone is 1. The van der Waals surface area contributed by atoms with E-state index in [9.17, 15) is 4.79 Å². The molecular weight excluding hydrogens is 434 g/mol. The van der Waals surface area contributed by atoms with E-state index in [4.69, 9.17) is 9.15 Å². The number of amides is 1. The summed E-state index contributed by atoms with van der Waals surface area (Å²) in [7, 11) is 0. The summed E-state index contributed by atoms with van der Waals surface area (Å²) in [6.07, 6.45) is 5.26. The first kappa shape index (κ1) is 24.3. The van der Waals surface area contributed by atoms with Crippen LogP contribution in [0.2, 0.25) is 0 Å². The molecule has 1 atom stereocenters. The van der Waals surface area contributed by atoms with Gasteiger partial charge in [-0.1, -0.05) is 60.2 Å². The van der Waals surface area contributed by atoms with E-state index in [2.05, 4.69) is 54.7 Å². The van der Waals surface area contributed by atoms with Crippen LogP contribution in [-0.2, 0) is 11.2 Å². The number of benzene rings is 3. The Hall–Kier alpha value is -3.79. The molecule has 0 saturated carbocycles. The normalized spacial score (nSPS) is 12.5. The summed E-state index contributed by atoms with van der Waals surface area (Å²) in [6.45, 7) is 8.55. The van der Waals surface area contributed by atoms with Crippen LogP contribution in [0.4, 0.5) is 0 Å². The van der Waals surface area contributed by atoms with E-state index in [-0.39, 0.29) is 11.9 Å². The third-order valence-corrected chi connectivity index (χ3v) is 6.21. The molecule has 0 aliphatic carbocycles. The molecule has 35 heavy (non-hydrogen) atoms. The Balaban J connectivity index is 1.56. The zero-order valence-electron chi connectivity index (χ0n) is 20.9. The molecule has 4 heteroatoms. The van der Waals surface area contributed by atoms with E-state index in [0.717, 1.165) is 46.1 Å². The fourth-order valence-corrected chi connectivity index (χ4v) is 4.25. The Labute approximate surface area is 207 Å². The molecule has 0 spiro atoms. The average Bonchev–Trinajstić information content (AvgIpc) is 3.26. The highest BCUT2D eigenvalue weighted by Gasteiger charge is 2.16. The third kappa shape index (κ3) is 6.02. The van der Waals surface area contributed by atoms with Crippen LogP contribution in [0.1, 0.15) is 43.9 Å². The highest BCUT2D eigenvalue weighted by molar-refractivity contribution is 6.00. The van der Waals surface area contributed by atoms with Crippen molar-refractivity contribution < 1.29 is 13.9 Å².